The molecule has 2 atom stereocenters. The minimum Gasteiger partial charge on any atom is -0.472 e. The third-order valence-electron chi connectivity index (χ3n) is 5.52. The minimum atomic E-state index is -4.50. The fourth-order valence-electron chi connectivity index (χ4n) is 3.84. The van der Waals surface area contributed by atoms with Crippen LogP contribution in [0.15, 0.2) is 55.0 Å². The van der Waals surface area contributed by atoms with Crippen molar-refractivity contribution < 1.29 is 27.1 Å². The molecule has 0 bridgehead atoms. The molecule has 0 aliphatic heterocycles. The van der Waals surface area contributed by atoms with Gasteiger partial charge in [0.2, 0.25) is 5.88 Å². The second-order valence-corrected chi connectivity index (χ2v) is 7.92. The van der Waals surface area contributed by atoms with Gasteiger partial charge in [-0.2, -0.15) is 13.2 Å². The fourth-order valence-corrected chi connectivity index (χ4v) is 3.84. The average Bonchev–Trinajstić information content (AvgIpc) is 2.84. The number of carbonyl (C=O) groups is 1. The molecule has 6 nitrogen and oxygen atoms in total. The maximum absolute atomic E-state index is 14.1. The Hall–Kier alpha value is -3.56. The van der Waals surface area contributed by atoms with E-state index >= 15 is 0 Å². The zero-order valence-corrected chi connectivity index (χ0v) is 19.6. The Morgan fingerprint density at radius 3 is 2.37 bits per heavy atom. The molecule has 0 fully saturated rings. The SMILES string of the molecule is CCCC(C(C)Oc1ccc(C(F)(F)F)cn1)N(CC)C(=O)c1ccc(F)cc1-c1ncccn1. The van der Waals surface area contributed by atoms with Crippen LogP contribution in [0.2, 0.25) is 0 Å². The maximum Gasteiger partial charge on any atom is 0.417 e. The summed E-state index contributed by atoms with van der Waals surface area (Å²) in [6, 6.07) is 7.08. The van der Waals surface area contributed by atoms with Crippen LogP contribution < -0.4 is 4.74 Å². The third kappa shape index (κ3) is 6.32. The Morgan fingerprint density at radius 2 is 1.80 bits per heavy atom. The standard InChI is InChI=1S/C25H26F4N4O2/c1-4-7-21(16(3)35-22-11-8-17(15-32-22)25(27,28)29)33(5-2)24(34)19-10-9-18(26)14-20(19)23-30-12-6-13-31-23/h6,8-16,21H,4-5,7H2,1-3H3. The monoisotopic (exact) mass is 490 g/mol. The number of benzene rings is 1. The van der Waals surface area contributed by atoms with E-state index in [-0.39, 0.29) is 28.7 Å². The zero-order chi connectivity index (χ0) is 25.6. The lowest BCUT2D eigenvalue weighted by Gasteiger charge is -2.35. The van der Waals surface area contributed by atoms with Crippen molar-refractivity contribution in [3.8, 4) is 17.3 Å². The van der Waals surface area contributed by atoms with Gasteiger partial charge in [0, 0.05) is 36.8 Å². The van der Waals surface area contributed by atoms with Crippen molar-refractivity contribution in [2.24, 2.45) is 0 Å². The summed E-state index contributed by atoms with van der Waals surface area (Å²) in [5.41, 5.74) is -0.373. The van der Waals surface area contributed by atoms with Gasteiger partial charge in [0.05, 0.1) is 17.2 Å². The minimum absolute atomic E-state index is 0.0234. The smallest absolute Gasteiger partial charge is 0.417 e. The Kier molecular flexibility index (Phi) is 8.37. The molecular formula is C25H26F4N4O2. The molecule has 0 aliphatic carbocycles. The highest BCUT2D eigenvalue weighted by Crippen LogP contribution is 2.30. The van der Waals surface area contributed by atoms with Gasteiger partial charge in [0.1, 0.15) is 11.9 Å². The number of alkyl halides is 3. The van der Waals surface area contributed by atoms with Gasteiger partial charge in [0.25, 0.3) is 5.91 Å². The van der Waals surface area contributed by atoms with Crippen LogP contribution in [0.1, 0.15) is 49.5 Å². The lowest BCUT2D eigenvalue weighted by atomic mass is 10.0. The van der Waals surface area contributed by atoms with Crippen molar-refractivity contribution in [1.82, 2.24) is 19.9 Å². The largest absolute Gasteiger partial charge is 0.472 e. The first-order valence-corrected chi connectivity index (χ1v) is 11.2. The van der Waals surface area contributed by atoms with E-state index in [2.05, 4.69) is 15.0 Å². The van der Waals surface area contributed by atoms with E-state index in [0.29, 0.717) is 19.2 Å². The van der Waals surface area contributed by atoms with Crippen LogP contribution in [0.5, 0.6) is 5.88 Å². The van der Waals surface area contributed by atoms with E-state index in [1.165, 1.54) is 30.6 Å². The summed E-state index contributed by atoms with van der Waals surface area (Å²) in [5.74, 6) is -0.640. The summed E-state index contributed by atoms with van der Waals surface area (Å²) in [5, 5.41) is 0. The van der Waals surface area contributed by atoms with E-state index in [1.807, 2.05) is 13.8 Å². The number of ether oxygens (including phenoxy) is 1. The van der Waals surface area contributed by atoms with Gasteiger partial charge >= 0.3 is 6.18 Å². The molecule has 3 rings (SSSR count). The molecule has 0 saturated heterocycles. The summed E-state index contributed by atoms with van der Waals surface area (Å²) < 4.78 is 58.4. The first-order valence-electron chi connectivity index (χ1n) is 11.2. The van der Waals surface area contributed by atoms with Gasteiger partial charge in [-0.15, -0.1) is 0 Å². The van der Waals surface area contributed by atoms with Crippen molar-refractivity contribution in [2.75, 3.05) is 6.54 Å². The summed E-state index contributed by atoms with van der Waals surface area (Å²) in [6.45, 7) is 5.83. The van der Waals surface area contributed by atoms with E-state index in [1.54, 1.807) is 17.9 Å². The first-order chi connectivity index (χ1) is 16.7. The highest BCUT2D eigenvalue weighted by Gasteiger charge is 2.32. The number of hydrogen-bond acceptors (Lipinski definition) is 5. The molecule has 0 saturated carbocycles. The second kappa shape index (κ2) is 11.2. The molecule has 0 N–H and O–H groups in total. The van der Waals surface area contributed by atoms with Gasteiger partial charge in [0.15, 0.2) is 5.82 Å². The number of likely N-dealkylation sites (N-methyl/N-ethyl adjacent to an activating group) is 1. The molecule has 186 valence electrons. The second-order valence-electron chi connectivity index (χ2n) is 7.92. The van der Waals surface area contributed by atoms with Crippen molar-refractivity contribution in [1.29, 1.82) is 0 Å². The average molecular weight is 491 g/mol. The number of amides is 1. The number of rotatable bonds is 9. The predicted molar refractivity (Wildman–Crippen MR) is 122 cm³/mol. The Bertz CT molecular complexity index is 1120. The number of halogens is 4. The lowest BCUT2D eigenvalue weighted by Crippen LogP contribution is -2.48. The summed E-state index contributed by atoms with van der Waals surface area (Å²) in [6.07, 6.45) is -0.0643. The van der Waals surface area contributed by atoms with Gasteiger partial charge in [-0.05, 0) is 50.6 Å². The molecule has 1 aromatic carbocycles. The van der Waals surface area contributed by atoms with E-state index in [0.717, 1.165) is 18.6 Å². The summed E-state index contributed by atoms with van der Waals surface area (Å²) in [7, 11) is 0. The molecule has 0 radical (unpaired) electrons. The molecule has 1 amide bonds. The highest BCUT2D eigenvalue weighted by molar-refractivity contribution is 6.00. The molecule has 0 spiro atoms. The van der Waals surface area contributed by atoms with Crippen LogP contribution in [-0.4, -0.2) is 44.4 Å². The normalized spacial score (nSPS) is 13.2. The highest BCUT2D eigenvalue weighted by atomic mass is 19.4. The maximum atomic E-state index is 14.1. The topological polar surface area (TPSA) is 68.2 Å². The number of hydrogen-bond donors (Lipinski definition) is 0. The summed E-state index contributed by atoms with van der Waals surface area (Å²) >= 11 is 0. The van der Waals surface area contributed by atoms with Crippen LogP contribution >= 0.6 is 0 Å². The Morgan fingerprint density at radius 1 is 1.09 bits per heavy atom. The Balaban J connectivity index is 1.89. The van der Waals surface area contributed by atoms with E-state index in [4.69, 9.17) is 4.74 Å². The third-order valence-corrected chi connectivity index (χ3v) is 5.52. The summed E-state index contributed by atoms with van der Waals surface area (Å²) in [4.78, 5) is 27.4. The number of nitrogens with zero attached hydrogens (tertiary/aromatic N) is 4. The first kappa shape index (κ1) is 26.1. The lowest BCUT2D eigenvalue weighted by molar-refractivity contribution is -0.137. The van der Waals surface area contributed by atoms with Crippen LogP contribution in [0.25, 0.3) is 11.4 Å². The van der Waals surface area contributed by atoms with Crippen molar-refractivity contribution in [2.45, 2.75) is 51.9 Å². The number of carbonyl (C=O) groups excluding carboxylic acids is 1. The van der Waals surface area contributed by atoms with Crippen molar-refractivity contribution >= 4 is 5.91 Å². The Labute approximate surface area is 201 Å². The molecule has 2 heterocycles. The quantitative estimate of drug-likeness (QED) is 0.355. The number of aromatic nitrogens is 3. The van der Waals surface area contributed by atoms with Crippen LogP contribution in [0.4, 0.5) is 17.6 Å². The van der Waals surface area contributed by atoms with Crippen LogP contribution in [0, 0.1) is 5.82 Å². The molecule has 10 heteroatoms. The molecule has 35 heavy (non-hydrogen) atoms. The molecule has 2 unspecified atom stereocenters. The number of pyridine rings is 1. The van der Waals surface area contributed by atoms with Crippen LogP contribution in [0.3, 0.4) is 0 Å². The van der Waals surface area contributed by atoms with E-state index < -0.39 is 29.7 Å². The molecule has 2 aromatic heterocycles. The van der Waals surface area contributed by atoms with Gasteiger partial charge < -0.3 is 9.64 Å². The zero-order valence-electron chi connectivity index (χ0n) is 19.6. The van der Waals surface area contributed by atoms with Gasteiger partial charge in [-0.1, -0.05) is 13.3 Å². The van der Waals surface area contributed by atoms with E-state index in [9.17, 15) is 22.4 Å². The van der Waals surface area contributed by atoms with Gasteiger partial charge in [-0.25, -0.2) is 19.3 Å². The van der Waals surface area contributed by atoms with Crippen LogP contribution in [-0.2, 0) is 6.18 Å². The molecule has 3 aromatic rings. The predicted octanol–water partition coefficient (Wildman–Crippen LogP) is 5.79. The van der Waals surface area contributed by atoms with Gasteiger partial charge in [-0.3, -0.25) is 4.79 Å². The molecular weight excluding hydrogens is 464 g/mol. The fraction of sp³-hybridized carbons (Fsp3) is 0.360. The van der Waals surface area contributed by atoms with Crippen molar-refractivity contribution in [3.63, 3.8) is 0 Å². The molecule has 0 aliphatic rings. The van der Waals surface area contributed by atoms with Crippen molar-refractivity contribution in [3.05, 3.63) is 71.9 Å².